The largest absolute Gasteiger partial charge is 0.454 e. The second kappa shape index (κ2) is 10.0. The highest BCUT2D eigenvalue weighted by Crippen LogP contribution is 2.19. The topological polar surface area (TPSA) is 105 Å². The van der Waals surface area contributed by atoms with Gasteiger partial charge in [0.25, 0.3) is 0 Å². The molecule has 0 rings (SSSR count). The minimum absolute atomic E-state index is 0.691. The number of terminal acetylenes is 1. The van der Waals surface area contributed by atoms with Gasteiger partial charge in [-0.3, -0.25) is 19.2 Å². The fourth-order valence-corrected chi connectivity index (χ4v) is 1.82. The Kier molecular flexibility index (Phi) is 8.87. The van der Waals surface area contributed by atoms with Gasteiger partial charge in [0.15, 0.2) is 18.3 Å². The van der Waals surface area contributed by atoms with E-state index >= 15 is 0 Å². The first-order valence-corrected chi connectivity index (χ1v) is 6.89. The van der Waals surface area contributed by atoms with E-state index in [9.17, 15) is 19.2 Å². The Labute approximate surface area is 140 Å². The van der Waals surface area contributed by atoms with Crippen LogP contribution >= 0.6 is 0 Å². The highest BCUT2D eigenvalue weighted by Gasteiger charge is 2.41. The second-order valence-electron chi connectivity index (χ2n) is 4.65. The van der Waals surface area contributed by atoms with Crippen molar-refractivity contribution >= 4 is 23.9 Å². The van der Waals surface area contributed by atoms with E-state index in [1.54, 1.807) is 0 Å². The summed E-state index contributed by atoms with van der Waals surface area (Å²) in [5, 5.41) is 0. The molecular formula is C16H20O8. The molecule has 0 amide bonds. The minimum Gasteiger partial charge on any atom is -0.454 e. The predicted molar refractivity (Wildman–Crippen MR) is 81.2 cm³/mol. The van der Waals surface area contributed by atoms with E-state index in [-0.39, 0.29) is 0 Å². The Morgan fingerprint density at radius 1 is 0.833 bits per heavy atom. The number of esters is 4. The van der Waals surface area contributed by atoms with Crippen LogP contribution in [-0.4, -0.2) is 48.3 Å². The molecule has 0 bridgehead atoms. The number of hydrogen-bond acceptors (Lipinski definition) is 8. The van der Waals surface area contributed by atoms with Gasteiger partial charge in [-0.05, 0) is 6.08 Å². The molecule has 0 spiro atoms. The molecule has 0 aromatic heterocycles. The monoisotopic (exact) mass is 340 g/mol. The van der Waals surface area contributed by atoms with Crippen molar-refractivity contribution in [1.82, 2.24) is 0 Å². The van der Waals surface area contributed by atoms with Crippen molar-refractivity contribution in [3.8, 4) is 12.3 Å². The normalized spacial score (nSPS) is 14.8. The van der Waals surface area contributed by atoms with E-state index in [1.807, 2.05) is 0 Å². The number of carbonyl (C=O) groups excluding carboxylic acids is 4. The third-order valence-corrected chi connectivity index (χ3v) is 2.54. The van der Waals surface area contributed by atoms with Crippen molar-refractivity contribution in [3.63, 3.8) is 0 Å². The number of carbonyl (C=O) groups is 4. The molecule has 132 valence electrons. The Hall–Kier alpha value is -2.82. The van der Waals surface area contributed by atoms with Crippen LogP contribution in [0.2, 0.25) is 0 Å². The smallest absolute Gasteiger partial charge is 0.304 e. The summed E-state index contributed by atoms with van der Waals surface area (Å²) >= 11 is 0. The molecule has 0 aromatic rings. The molecule has 8 heteroatoms. The molecule has 0 fully saturated rings. The van der Waals surface area contributed by atoms with E-state index < -0.39 is 48.3 Å². The third kappa shape index (κ3) is 7.45. The van der Waals surface area contributed by atoms with Gasteiger partial charge in [0.05, 0.1) is 0 Å². The summed E-state index contributed by atoms with van der Waals surface area (Å²) in [6, 6.07) is 0. The van der Waals surface area contributed by atoms with Crippen LogP contribution in [0.15, 0.2) is 12.7 Å². The molecule has 4 atom stereocenters. The van der Waals surface area contributed by atoms with Gasteiger partial charge in [-0.15, -0.1) is 6.42 Å². The molecule has 0 saturated heterocycles. The van der Waals surface area contributed by atoms with Gasteiger partial charge >= 0.3 is 23.9 Å². The molecule has 8 nitrogen and oxygen atoms in total. The summed E-state index contributed by atoms with van der Waals surface area (Å²) in [6.07, 6.45) is 1.19. The quantitative estimate of drug-likeness (QED) is 0.273. The van der Waals surface area contributed by atoms with Crippen molar-refractivity contribution in [2.75, 3.05) is 0 Å². The fourth-order valence-electron chi connectivity index (χ4n) is 1.82. The van der Waals surface area contributed by atoms with Crippen molar-refractivity contribution in [2.45, 2.75) is 52.1 Å². The fraction of sp³-hybridized carbons (Fsp3) is 0.500. The summed E-state index contributed by atoms with van der Waals surface area (Å²) in [5.41, 5.74) is 0. The molecule has 0 aliphatic carbocycles. The van der Waals surface area contributed by atoms with Crippen LogP contribution in [0.25, 0.3) is 0 Å². The van der Waals surface area contributed by atoms with Gasteiger partial charge in [0, 0.05) is 27.7 Å². The first kappa shape index (κ1) is 21.2. The maximum absolute atomic E-state index is 11.4. The second-order valence-corrected chi connectivity index (χ2v) is 4.65. The average molecular weight is 340 g/mol. The summed E-state index contributed by atoms with van der Waals surface area (Å²) < 4.78 is 20.0. The number of hydrogen-bond donors (Lipinski definition) is 0. The van der Waals surface area contributed by atoms with Crippen molar-refractivity contribution in [2.24, 2.45) is 0 Å². The van der Waals surface area contributed by atoms with Crippen LogP contribution in [0.3, 0.4) is 0 Å². The SMILES string of the molecule is C#C[C@@H](OC(C)=O)[C@@H](OC(C)=O)[C@H](OC(C)=O)[C@@H](C=C)OC(C)=O. The highest BCUT2D eigenvalue weighted by atomic mass is 16.6. The van der Waals surface area contributed by atoms with Crippen LogP contribution in [0.1, 0.15) is 27.7 Å². The number of ether oxygens (including phenoxy) is 4. The third-order valence-electron chi connectivity index (χ3n) is 2.54. The molecule has 0 N–H and O–H groups in total. The van der Waals surface area contributed by atoms with Gasteiger partial charge in [-0.2, -0.15) is 0 Å². The molecule has 24 heavy (non-hydrogen) atoms. The zero-order valence-electron chi connectivity index (χ0n) is 13.9. The van der Waals surface area contributed by atoms with Crippen LogP contribution in [-0.2, 0) is 38.1 Å². The lowest BCUT2D eigenvalue weighted by Crippen LogP contribution is -2.50. The molecule has 0 heterocycles. The molecule has 0 aromatic carbocycles. The lowest BCUT2D eigenvalue weighted by Gasteiger charge is -2.32. The van der Waals surface area contributed by atoms with Gasteiger partial charge in [-0.1, -0.05) is 12.5 Å². The van der Waals surface area contributed by atoms with Gasteiger partial charge in [0.1, 0.15) is 0 Å². The molecule has 0 aliphatic heterocycles. The Balaban J connectivity index is 5.85. The maximum atomic E-state index is 11.4. The van der Waals surface area contributed by atoms with Gasteiger partial charge in [0.2, 0.25) is 6.10 Å². The van der Waals surface area contributed by atoms with Crippen LogP contribution in [0.4, 0.5) is 0 Å². The van der Waals surface area contributed by atoms with Crippen LogP contribution in [0.5, 0.6) is 0 Å². The van der Waals surface area contributed by atoms with Crippen LogP contribution < -0.4 is 0 Å². The molecular weight excluding hydrogens is 320 g/mol. The summed E-state index contributed by atoms with van der Waals surface area (Å²) in [5.74, 6) is -0.813. The van der Waals surface area contributed by atoms with Crippen molar-refractivity contribution < 1.29 is 38.1 Å². The van der Waals surface area contributed by atoms with E-state index in [2.05, 4.69) is 12.5 Å². The van der Waals surface area contributed by atoms with E-state index in [1.165, 1.54) is 6.08 Å². The first-order valence-electron chi connectivity index (χ1n) is 6.89. The summed E-state index contributed by atoms with van der Waals surface area (Å²) in [7, 11) is 0. The van der Waals surface area contributed by atoms with Gasteiger partial charge in [-0.25, -0.2) is 0 Å². The Morgan fingerprint density at radius 3 is 1.58 bits per heavy atom. The lowest BCUT2D eigenvalue weighted by molar-refractivity contribution is -0.190. The van der Waals surface area contributed by atoms with Crippen LogP contribution in [0, 0.1) is 12.3 Å². The van der Waals surface area contributed by atoms with Crippen molar-refractivity contribution in [1.29, 1.82) is 0 Å². The van der Waals surface area contributed by atoms with Crippen molar-refractivity contribution in [3.05, 3.63) is 12.7 Å². The molecule has 0 saturated carbocycles. The summed E-state index contributed by atoms with van der Waals surface area (Å²) in [6.45, 7) is 7.91. The molecule has 0 aliphatic rings. The Morgan fingerprint density at radius 2 is 1.25 bits per heavy atom. The lowest BCUT2D eigenvalue weighted by atomic mass is 10.0. The average Bonchev–Trinajstić information content (AvgIpc) is 2.45. The zero-order chi connectivity index (χ0) is 18.9. The van der Waals surface area contributed by atoms with E-state index in [0.717, 1.165) is 27.7 Å². The Bertz CT molecular complexity index is 545. The summed E-state index contributed by atoms with van der Waals surface area (Å²) in [4.78, 5) is 45.2. The van der Waals surface area contributed by atoms with Gasteiger partial charge < -0.3 is 18.9 Å². The van der Waals surface area contributed by atoms with E-state index in [0.29, 0.717) is 0 Å². The molecule has 0 unspecified atom stereocenters. The highest BCUT2D eigenvalue weighted by molar-refractivity contribution is 5.69. The molecule has 0 radical (unpaired) electrons. The zero-order valence-corrected chi connectivity index (χ0v) is 13.9. The minimum atomic E-state index is -1.40. The predicted octanol–water partition coefficient (Wildman–Crippen LogP) is 0.532. The van der Waals surface area contributed by atoms with E-state index in [4.69, 9.17) is 25.4 Å². The standard InChI is InChI=1S/C16H20O8/c1-7-13(21-9(3)17)15(23-11(5)19)16(24-12(6)20)14(8-2)22-10(4)18/h1,8,13-16H,2H2,3-6H3/t13-,14-,15-,16-/m1/s1. The first-order chi connectivity index (χ1) is 11.1. The number of rotatable bonds is 8. The maximum Gasteiger partial charge on any atom is 0.304 e.